The lowest BCUT2D eigenvalue weighted by Gasteiger charge is -2.50. The summed E-state index contributed by atoms with van der Waals surface area (Å²) in [7, 11) is 0. The Morgan fingerprint density at radius 3 is 2.16 bits per heavy atom. The second-order valence-corrected chi connectivity index (χ2v) is 11.5. The number of halogens is 1. The van der Waals surface area contributed by atoms with Crippen molar-refractivity contribution in [2.45, 2.75) is 76.7 Å². The zero-order valence-electron chi connectivity index (χ0n) is 22.5. The van der Waals surface area contributed by atoms with Crippen LogP contribution in [0.5, 0.6) is 0 Å². The lowest BCUT2D eigenvalue weighted by Crippen LogP contribution is -2.60. The van der Waals surface area contributed by atoms with E-state index in [0.717, 1.165) is 24.0 Å². The highest BCUT2D eigenvalue weighted by molar-refractivity contribution is 5.90. The first-order chi connectivity index (χ1) is 18.2. The molecule has 6 nitrogen and oxygen atoms in total. The van der Waals surface area contributed by atoms with E-state index in [1.165, 1.54) is 10.5 Å². The van der Waals surface area contributed by atoms with Gasteiger partial charge in [0.05, 0.1) is 18.5 Å². The van der Waals surface area contributed by atoms with Gasteiger partial charge < -0.3 is 15.1 Å². The molecule has 3 saturated heterocycles. The van der Waals surface area contributed by atoms with Gasteiger partial charge in [-0.3, -0.25) is 14.4 Å². The van der Waals surface area contributed by atoms with Crippen molar-refractivity contribution in [2.75, 3.05) is 13.1 Å². The summed E-state index contributed by atoms with van der Waals surface area (Å²) in [5.41, 5.74) is 3.07. The van der Waals surface area contributed by atoms with Gasteiger partial charge in [0.15, 0.2) is 0 Å². The number of benzene rings is 2. The Kier molecular flexibility index (Phi) is 7.55. The second kappa shape index (κ2) is 10.9. The first-order valence-corrected chi connectivity index (χ1v) is 13.9. The molecule has 38 heavy (non-hydrogen) atoms. The van der Waals surface area contributed by atoms with Crippen LogP contribution in [-0.4, -0.2) is 58.9 Å². The standard InChI is InChI=1S/C31H38FN3O3/c1-19(2)22-10-12-24(13-11-22)29(23-7-5-4-6-8-23)33-30(37)28-16-25(32)18-35(28)31(38)26-15-21-9-14-27(26)34(17-21)20(3)36/h4-8,10-13,19,21,25-29H,9,14-18H2,1-3H3,(H,33,37). The first kappa shape index (κ1) is 26.4. The second-order valence-electron chi connectivity index (χ2n) is 11.5. The highest BCUT2D eigenvalue weighted by Crippen LogP contribution is 2.41. The average Bonchev–Trinajstić information content (AvgIpc) is 3.33. The van der Waals surface area contributed by atoms with Crippen LogP contribution in [0.25, 0.3) is 0 Å². The lowest BCUT2D eigenvalue weighted by molar-refractivity contribution is -0.153. The Morgan fingerprint density at radius 1 is 0.868 bits per heavy atom. The van der Waals surface area contributed by atoms with Gasteiger partial charge in [-0.15, -0.1) is 0 Å². The van der Waals surface area contributed by atoms with Gasteiger partial charge in [-0.1, -0.05) is 68.4 Å². The number of likely N-dealkylation sites (tertiary alicyclic amines) is 1. The van der Waals surface area contributed by atoms with Crippen molar-refractivity contribution in [1.82, 2.24) is 15.1 Å². The first-order valence-electron chi connectivity index (χ1n) is 13.9. The number of fused-ring (bicyclic) bond motifs is 3. The largest absolute Gasteiger partial charge is 0.343 e. The summed E-state index contributed by atoms with van der Waals surface area (Å²) in [5.74, 6) is -0.258. The minimum Gasteiger partial charge on any atom is -0.343 e. The highest BCUT2D eigenvalue weighted by Gasteiger charge is 2.49. The zero-order chi connectivity index (χ0) is 27.0. The number of nitrogens with zero attached hydrogens (tertiary/aromatic N) is 2. The fourth-order valence-electron chi connectivity index (χ4n) is 6.63. The van der Waals surface area contributed by atoms with Crippen molar-refractivity contribution in [3.05, 3.63) is 71.3 Å². The molecule has 1 saturated carbocycles. The van der Waals surface area contributed by atoms with E-state index in [-0.39, 0.29) is 48.6 Å². The topological polar surface area (TPSA) is 69.7 Å². The van der Waals surface area contributed by atoms with Gasteiger partial charge >= 0.3 is 0 Å². The quantitative estimate of drug-likeness (QED) is 0.607. The zero-order valence-corrected chi connectivity index (χ0v) is 22.5. The minimum absolute atomic E-state index is 0.0113. The number of alkyl halides is 1. The van der Waals surface area contributed by atoms with E-state index in [2.05, 4.69) is 31.3 Å². The maximum Gasteiger partial charge on any atom is 0.243 e. The summed E-state index contributed by atoms with van der Waals surface area (Å²) in [6.07, 6.45) is 1.22. The summed E-state index contributed by atoms with van der Waals surface area (Å²) in [5, 5.41) is 3.15. The highest BCUT2D eigenvalue weighted by atomic mass is 19.1. The molecule has 1 N–H and O–H groups in total. The molecule has 2 aromatic rings. The third-order valence-electron chi connectivity index (χ3n) is 8.69. The molecule has 0 radical (unpaired) electrons. The van der Waals surface area contributed by atoms with Crippen LogP contribution in [0.4, 0.5) is 4.39 Å². The van der Waals surface area contributed by atoms with Gasteiger partial charge in [-0.2, -0.15) is 0 Å². The molecule has 2 aromatic carbocycles. The van der Waals surface area contributed by atoms with E-state index in [9.17, 15) is 18.8 Å². The van der Waals surface area contributed by atoms with Crippen molar-refractivity contribution in [3.63, 3.8) is 0 Å². The normalized spacial score (nSPS) is 27.4. The predicted molar refractivity (Wildman–Crippen MR) is 144 cm³/mol. The number of hydrogen-bond acceptors (Lipinski definition) is 3. The van der Waals surface area contributed by atoms with E-state index in [1.54, 1.807) is 6.92 Å². The summed E-state index contributed by atoms with van der Waals surface area (Å²) in [4.78, 5) is 43.0. The molecule has 3 heterocycles. The van der Waals surface area contributed by atoms with Gasteiger partial charge in [-0.05, 0) is 47.8 Å². The molecule has 6 unspecified atom stereocenters. The van der Waals surface area contributed by atoms with E-state index in [1.807, 2.05) is 47.4 Å². The monoisotopic (exact) mass is 519 g/mol. The molecule has 4 aliphatic rings. The molecule has 3 aliphatic heterocycles. The Balaban J connectivity index is 1.37. The molecule has 6 rings (SSSR count). The minimum atomic E-state index is -1.25. The van der Waals surface area contributed by atoms with E-state index in [0.29, 0.717) is 18.9 Å². The van der Waals surface area contributed by atoms with Gasteiger partial charge in [0.1, 0.15) is 12.2 Å². The van der Waals surface area contributed by atoms with Crippen LogP contribution in [0.1, 0.15) is 75.1 Å². The van der Waals surface area contributed by atoms with Gasteiger partial charge in [-0.25, -0.2) is 4.39 Å². The molecule has 0 aromatic heterocycles. The average molecular weight is 520 g/mol. The molecule has 4 fully saturated rings. The van der Waals surface area contributed by atoms with Gasteiger partial charge in [0.25, 0.3) is 0 Å². The Labute approximate surface area is 224 Å². The van der Waals surface area contributed by atoms with E-state index in [4.69, 9.17) is 0 Å². The van der Waals surface area contributed by atoms with E-state index < -0.39 is 18.3 Å². The summed E-state index contributed by atoms with van der Waals surface area (Å²) < 4.78 is 14.8. The Bertz CT molecular complexity index is 1170. The predicted octanol–water partition coefficient (Wildman–Crippen LogP) is 4.60. The fourth-order valence-corrected chi connectivity index (χ4v) is 6.63. The van der Waals surface area contributed by atoms with Crippen molar-refractivity contribution < 1.29 is 18.8 Å². The van der Waals surface area contributed by atoms with Gasteiger partial charge in [0, 0.05) is 25.9 Å². The summed E-state index contributed by atoms with van der Waals surface area (Å²) in [6, 6.07) is 16.5. The van der Waals surface area contributed by atoms with Crippen LogP contribution in [0.3, 0.4) is 0 Å². The third kappa shape index (κ3) is 5.20. The number of piperidine rings is 2. The fraction of sp³-hybridized carbons (Fsp3) is 0.516. The number of nitrogens with one attached hydrogen (secondary N) is 1. The smallest absolute Gasteiger partial charge is 0.243 e. The Morgan fingerprint density at radius 2 is 1.53 bits per heavy atom. The SMILES string of the molecule is CC(=O)N1CC2CCC1C(C(=O)N1CC(F)CC1C(=O)NC(c1ccccc1)c1ccc(C(C)C)cc1)C2. The number of carbonyl (C=O) groups excluding carboxylic acids is 3. The number of amides is 3. The van der Waals surface area contributed by atoms with Crippen LogP contribution < -0.4 is 5.32 Å². The maximum absolute atomic E-state index is 14.8. The van der Waals surface area contributed by atoms with Crippen molar-refractivity contribution in [1.29, 1.82) is 0 Å². The van der Waals surface area contributed by atoms with Crippen LogP contribution in [0.15, 0.2) is 54.6 Å². The molecule has 0 spiro atoms. The molecule has 202 valence electrons. The summed E-state index contributed by atoms with van der Waals surface area (Å²) in [6.45, 7) is 6.43. The molecule has 7 heteroatoms. The number of hydrogen-bond donors (Lipinski definition) is 1. The van der Waals surface area contributed by atoms with Crippen LogP contribution >= 0.6 is 0 Å². The maximum atomic E-state index is 14.8. The molecular formula is C31H38FN3O3. The number of carbonyl (C=O) groups is 3. The van der Waals surface area contributed by atoms with Crippen molar-refractivity contribution in [3.8, 4) is 0 Å². The molecular weight excluding hydrogens is 481 g/mol. The Hall–Kier alpha value is -3.22. The lowest BCUT2D eigenvalue weighted by atomic mass is 9.72. The summed E-state index contributed by atoms with van der Waals surface area (Å²) >= 11 is 0. The van der Waals surface area contributed by atoms with Gasteiger partial charge in [0.2, 0.25) is 17.7 Å². The van der Waals surface area contributed by atoms with Crippen molar-refractivity contribution in [2.24, 2.45) is 11.8 Å². The van der Waals surface area contributed by atoms with Crippen LogP contribution in [0.2, 0.25) is 0 Å². The number of rotatable bonds is 6. The van der Waals surface area contributed by atoms with Crippen LogP contribution in [-0.2, 0) is 14.4 Å². The molecule has 6 atom stereocenters. The third-order valence-corrected chi connectivity index (χ3v) is 8.69. The van der Waals surface area contributed by atoms with Crippen molar-refractivity contribution >= 4 is 17.7 Å². The van der Waals surface area contributed by atoms with Crippen LogP contribution in [0, 0.1) is 11.8 Å². The molecule has 3 amide bonds. The van der Waals surface area contributed by atoms with E-state index >= 15 is 0 Å². The molecule has 1 aliphatic carbocycles. The molecule has 2 bridgehead atoms.